The van der Waals surface area contributed by atoms with Crippen LogP contribution in [0.1, 0.15) is 50.6 Å². The van der Waals surface area contributed by atoms with Crippen LogP contribution in [0.3, 0.4) is 0 Å². The lowest BCUT2D eigenvalue weighted by Gasteiger charge is -2.37. The summed E-state index contributed by atoms with van der Waals surface area (Å²) in [6.07, 6.45) is 6.28. The molecule has 0 aromatic heterocycles. The second-order valence-corrected chi connectivity index (χ2v) is 6.38. The molecular formula is C16H23BrFN. The Morgan fingerprint density at radius 3 is 2.79 bits per heavy atom. The molecule has 19 heavy (non-hydrogen) atoms. The maximum Gasteiger partial charge on any atom is 0.142 e. The van der Waals surface area contributed by atoms with Gasteiger partial charge in [-0.3, -0.25) is 0 Å². The van der Waals surface area contributed by atoms with Gasteiger partial charge in [-0.25, -0.2) is 4.39 Å². The molecule has 1 fully saturated rings. The maximum atomic E-state index is 14.3. The molecule has 3 atom stereocenters. The topological polar surface area (TPSA) is 12.0 Å². The zero-order chi connectivity index (χ0) is 13.8. The van der Waals surface area contributed by atoms with E-state index in [-0.39, 0.29) is 11.9 Å². The predicted octanol–water partition coefficient (Wildman–Crippen LogP) is 5.07. The maximum absolute atomic E-state index is 14.3. The number of benzene rings is 1. The first kappa shape index (κ1) is 15.0. The third-order valence-electron chi connectivity index (χ3n) is 4.55. The van der Waals surface area contributed by atoms with Crippen molar-refractivity contribution < 1.29 is 4.39 Å². The monoisotopic (exact) mass is 327 g/mol. The highest BCUT2D eigenvalue weighted by molar-refractivity contribution is 9.10. The minimum atomic E-state index is -0.109. The Kier molecular flexibility index (Phi) is 5.40. The highest BCUT2D eigenvalue weighted by atomic mass is 79.9. The van der Waals surface area contributed by atoms with Gasteiger partial charge in [0.15, 0.2) is 0 Å². The van der Waals surface area contributed by atoms with Crippen LogP contribution in [0.5, 0.6) is 0 Å². The summed E-state index contributed by atoms with van der Waals surface area (Å²) in [4.78, 5) is 0. The summed E-state index contributed by atoms with van der Waals surface area (Å²) in [5.41, 5.74) is 0.808. The van der Waals surface area contributed by atoms with Crippen molar-refractivity contribution in [1.29, 1.82) is 0 Å². The van der Waals surface area contributed by atoms with Crippen molar-refractivity contribution in [1.82, 2.24) is 5.32 Å². The number of rotatable bonds is 4. The van der Waals surface area contributed by atoms with Gasteiger partial charge in [0, 0.05) is 11.6 Å². The van der Waals surface area contributed by atoms with Crippen LogP contribution in [-0.4, -0.2) is 7.05 Å². The Balaban J connectivity index is 2.30. The molecule has 1 aliphatic carbocycles. The largest absolute Gasteiger partial charge is 0.313 e. The molecule has 1 N–H and O–H groups in total. The van der Waals surface area contributed by atoms with E-state index in [0.29, 0.717) is 16.3 Å². The van der Waals surface area contributed by atoms with Gasteiger partial charge in [-0.05, 0) is 47.3 Å². The van der Waals surface area contributed by atoms with Crippen LogP contribution >= 0.6 is 15.9 Å². The molecule has 1 nitrogen and oxygen atoms in total. The van der Waals surface area contributed by atoms with Gasteiger partial charge >= 0.3 is 0 Å². The molecule has 0 radical (unpaired) electrons. The van der Waals surface area contributed by atoms with Crippen LogP contribution in [0.25, 0.3) is 0 Å². The summed E-state index contributed by atoms with van der Waals surface area (Å²) in [5.74, 6) is 1.15. The number of halogens is 2. The summed E-state index contributed by atoms with van der Waals surface area (Å²) in [6, 6.07) is 5.74. The van der Waals surface area contributed by atoms with Crippen molar-refractivity contribution in [2.45, 2.75) is 45.1 Å². The molecule has 1 aromatic rings. The Labute approximate surface area is 124 Å². The predicted molar refractivity (Wildman–Crippen MR) is 81.6 cm³/mol. The van der Waals surface area contributed by atoms with Gasteiger partial charge in [0.05, 0.1) is 4.47 Å². The molecule has 0 heterocycles. The quantitative estimate of drug-likeness (QED) is 0.814. The number of nitrogens with one attached hydrogen (secondary N) is 1. The van der Waals surface area contributed by atoms with Crippen molar-refractivity contribution >= 4 is 15.9 Å². The molecule has 1 saturated carbocycles. The Morgan fingerprint density at radius 1 is 1.37 bits per heavy atom. The fourth-order valence-electron chi connectivity index (χ4n) is 3.54. The number of hydrogen-bond donors (Lipinski definition) is 1. The minimum absolute atomic E-state index is 0.109. The van der Waals surface area contributed by atoms with Gasteiger partial charge in [0.25, 0.3) is 0 Å². The summed E-state index contributed by atoms with van der Waals surface area (Å²) in [7, 11) is 1.95. The zero-order valence-corrected chi connectivity index (χ0v) is 13.3. The molecule has 0 spiro atoms. The van der Waals surface area contributed by atoms with Gasteiger partial charge in [0.1, 0.15) is 5.82 Å². The highest BCUT2D eigenvalue weighted by Crippen LogP contribution is 2.41. The van der Waals surface area contributed by atoms with Crippen molar-refractivity contribution in [2.24, 2.45) is 11.8 Å². The summed E-state index contributed by atoms with van der Waals surface area (Å²) < 4.78 is 14.9. The Hall–Kier alpha value is -0.410. The van der Waals surface area contributed by atoms with Crippen LogP contribution in [0.15, 0.2) is 22.7 Å². The normalized spacial score (nSPS) is 25.3. The van der Waals surface area contributed by atoms with E-state index in [9.17, 15) is 4.39 Å². The average molecular weight is 328 g/mol. The molecule has 0 amide bonds. The van der Waals surface area contributed by atoms with Crippen LogP contribution in [0.2, 0.25) is 0 Å². The van der Waals surface area contributed by atoms with Crippen LogP contribution in [-0.2, 0) is 0 Å². The first-order valence-electron chi connectivity index (χ1n) is 7.30. The molecule has 106 valence electrons. The molecular weight excluding hydrogens is 305 g/mol. The zero-order valence-electron chi connectivity index (χ0n) is 11.8. The van der Waals surface area contributed by atoms with E-state index < -0.39 is 0 Å². The molecule has 3 heteroatoms. The average Bonchev–Trinajstić information content (AvgIpc) is 2.45. The standard InChI is InChI=1S/C16H23BrFN/c1-3-11-7-4-5-8-12(11)16(19-2)13-9-6-10-14(17)15(13)18/h6,9-12,16,19H,3-5,7-8H2,1-2H3. The SMILES string of the molecule is CCC1CCCCC1C(NC)c1cccc(Br)c1F. The molecule has 0 aliphatic heterocycles. The molecule has 0 bridgehead atoms. The third-order valence-corrected chi connectivity index (χ3v) is 5.16. The minimum Gasteiger partial charge on any atom is -0.313 e. The van der Waals surface area contributed by atoms with Crippen LogP contribution in [0.4, 0.5) is 4.39 Å². The molecule has 2 rings (SSSR count). The smallest absolute Gasteiger partial charge is 0.142 e. The Morgan fingerprint density at radius 2 is 2.11 bits per heavy atom. The second kappa shape index (κ2) is 6.85. The van der Waals surface area contributed by atoms with Crippen molar-refractivity contribution in [3.05, 3.63) is 34.1 Å². The summed E-state index contributed by atoms with van der Waals surface area (Å²) >= 11 is 3.30. The van der Waals surface area contributed by atoms with E-state index in [0.717, 1.165) is 5.56 Å². The second-order valence-electron chi connectivity index (χ2n) is 5.53. The van der Waals surface area contributed by atoms with Gasteiger partial charge in [0.2, 0.25) is 0 Å². The van der Waals surface area contributed by atoms with Crippen molar-refractivity contribution in [3.8, 4) is 0 Å². The van der Waals surface area contributed by atoms with E-state index in [4.69, 9.17) is 0 Å². The van der Waals surface area contributed by atoms with Gasteiger partial charge < -0.3 is 5.32 Å². The van der Waals surface area contributed by atoms with Gasteiger partial charge in [-0.1, -0.05) is 44.7 Å². The van der Waals surface area contributed by atoms with Crippen molar-refractivity contribution in [3.63, 3.8) is 0 Å². The van der Waals surface area contributed by atoms with E-state index in [1.165, 1.54) is 32.1 Å². The highest BCUT2D eigenvalue weighted by Gasteiger charge is 2.32. The van der Waals surface area contributed by atoms with Gasteiger partial charge in [-0.15, -0.1) is 0 Å². The van der Waals surface area contributed by atoms with Crippen LogP contribution < -0.4 is 5.32 Å². The van der Waals surface area contributed by atoms with E-state index in [1.807, 2.05) is 19.2 Å². The van der Waals surface area contributed by atoms with Crippen molar-refractivity contribution in [2.75, 3.05) is 7.05 Å². The lowest BCUT2D eigenvalue weighted by Crippen LogP contribution is -2.33. The van der Waals surface area contributed by atoms with Gasteiger partial charge in [-0.2, -0.15) is 0 Å². The first-order valence-corrected chi connectivity index (χ1v) is 8.09. The lowest BCUT2D eigenvalue weighted by molar-refractivity contribution is 0.178. The van der Waals surface area contributed by atoms with E-state index >= 15 is 0 Å². The molecule has 3 unspecified atom stereocenters. The Bertz CT molecular complexity index is 421. The lowest BCUT2D eigenvalue weighted by atomic mass is 9.72. The molecule has 0 saturated heterocycles. The summed E-state index contributed by atoms with van der Waals surface area (Å²) in [6.45, 7) is 2.26. The molecule has 1 aliphatic rings. The third kappa shape index (κ3) is 3.19. The van der Waals surface area contributed by atoms with E-state index in [1.54, 1.807) is 6.07 Å². The fraction of sp³-hybridized carbons (Fsp3) is 0.625. The van der Waals surface area contributed by atoms with E-state index in [2.05, 4.69) is 28.2 Å². The summed E-state index contributed by atoms with van der Waals surface area (Å²) in [5, 5.41) is 3.36. The fourth-order valence-corrected chi connectivity index (χ4v) is 3.92. The number of hydrogen-bond acceptors (Lipinski definition) is 1. The van der Waals surface area contributed by atoms with Crippen LogP contribution in [0, 0.1) is 17.7 Å². The first-order chi connectivity index (χ1) is 9.19. The molecule has 1 aromatic carbocycles.